The van der Waals surface area contributed by atoms with E-state index in [1.54, 1.807) is 0 Å². The van der Waals surface area contributed by atoms with Gasteiger partial charge in [-0.25, -0.2) is 4.98 Å². The Hall–Kier alpha value is -3.82. The maximum absolute atomic E-state index is 13.2. The van der Waals surface area contributed by atoms with Crippen LogP contribution in [0.2, 0.25) is 0 Å². The van der Waals surface area contributed by atoms with Crippen molar-refractivity contribution in [2.45, 2.75) is 38.9 Å². The van der Waals surface area contributed by atoms with E-state index in [0.717, 1.165) is 17.5 Å². The second-order valence-corrected chi connectivity index (χ2v) is 7.56. The number of hydrogen-bond donors (Lipinski definition) is 1. The molecular weight excluding hydrogens is 433 g/mol. The molecule has 0 fully saturated rings. The molecule has 0 aliphatic carbocycles. The lowest BCUT2D eigenvalue weighted by Crippen LogP contribution is -2.28. The van der Waals surface area contributed by atoms with Crippen LogP contribution in [0.3, 0.4) is 0 Å². The van der Waals surface area contributed by atoms with Gasteiger partial charge in [-0.05, 0) is 34.4 Å². The molecule has 0 bridgehead atoms. The highest BCUT2D eigenvalue weighted by atomic mass is 19.4. The Kier molecular flexibility index (Phi) is 6.34. The maximum atomic E-state index is 13.2. The van der Waals surface area contributed by atoms with Crippen molar-refractivity contribution in [3.8, 4) is 22.5 Å². The van der Waals surface area contributed by atoms with Gasteiger partial charge in [0.15, 0.2) is 5.69 Å². The Morgan fingerprint density at radius 3 is 2.48 bits per heavy atom. The predicted octanol–water partition coefficient (Wildman–Crippen LogP) is 4.50. The SMILES string of the molecule is CCCCc1nc(C(F)(F)F)cc(=O)n1Cc1ccc(-c2ccccc2)c(-c2nn[nH]n2)c1. The van der Waals surface area contributed by atoms with Crippen LogP contribution in [-0.4, -0.2) is 30.2 Å². The van der Waals surface area contributed by atoms with Crippen LogP contribution in [0, 0.1) is 0 Å². The summed E-state index contributed by atoms with van der Waals surface area (Å²) in [6.07, 6.45) is -3.02. The number of nitrogens with one attached hydrogen (secondary N) is 1. The zero-order chi connectivity index (χ0) is 23.4. The van der Waals surface area contributed by atoms with Gasteiger partial charge < -0.3 is 0 Å². The standard InChI is InChI=1S/C23H21F3N6O/c1-2-3-9-20-27-19(23(24,25)26)13-21(33)32(20)14-15-10-11-17(16-7-5-4-6-8-16)18(12-15)22-28-30-31-29-22/h4-8,10-13H,2-3,9,14H2,1H3,(H,28,29,30,31). The molecule has 0 saturated carbocycles. The monoisotopic (exact) mass is 454 g/mol. The minimum atomic E-state index is -4.68. The average Bonchev–Trinajstić information content (AvgIpc) is 3.34. The fraction of sp³-hybridized carbons (Fsp3) is 0.261. The molecule has 170 valence electrons. The summed E-state index contributed by atoms with van der Waals surface area (Å²) in [5.41, 5.74) is 1.30. The molecule has 0 radical (unpaired) electrons. The number of rotatable bonds is 7. The number of aromatic amines is 1. The summed E-state index contributed by atoms with van der Waals surface area (Å²) in [4.78, 5) is 16.4. The zero-order valence-corrected chi connectivity index (χ0v) is 17.8. The molecule has 0 aliphatic rings. The van der Waals surface area contributed by atoms with Gasteiger partial charge in [-0.3, -0.25) is 9.36 Å². The number of halogens is 3. The smallest absolute Gasteiger partial charge is 0.292 e. The van der Waals surface area contributed by atoms with E-state index in [-0.39, 0.29) is 18.8 Å². The molecule has 0 spiro atoms. The lowest BCUT2D eigenvalue weighted by Gasteiger charge is -2.16. The molecule has 2 heterocycles. The summed E-state index contributed by atoms with van der Waals surface area (Å²) in [6, 6.07) is 15.7. The fourth-order valence-electron chi connectivity index (χ4n) is 3.60. The van der Waals surface area contributed by atoms with Gasteiger partial charge in [-0.15, -0.1) is 10.2 Å². The van der Waals surface area contributed by atoms with Gasteiger partial charge in [0.05, 0.1) is 6.54 Å². The van der Waals surface area contributed by atoms with Crippen LogP contribution in [0.25, 0.3) is 22.5 Å². The molecule has 4 rings (SSSR count). The molecule has 0 unspecified atom stereocenters. The Morgan fingerprint density at radius 1 is 1.03 bits per heavy atom. The van der Waals surface area contributed by atoms with E-state index in [0.29, 0.717) is 29.4 Å². The molecule has 0 aliphatic heterocycles. The van der Waals surface area contributed by atoms with Crippen molar-refractivity contribution in [2.24, 2.45) is 0 Å². The van der Waals surface area contributed by atoms with Gasteiger partial charge in [0.1, 0.15) is 5.82 Å². The number of aromatic nitrogens is 6. The van der Waals surface area contributed by atoms with Crippen LogP contribution in [0.5, 0.6) is 0 Å². The van der Waals surface area contributed by atoms with E-state index >= 15 is 0 Å². The number of alkyl halides is 3. The molecule has 4 aromatic rings. The van der Waals surface area contributed by atoms with Crippen LogP contribution >= 0.6 is 0 Å². The second-order valence-electron chi connectivity index (χ2n) is 7.56. The van der Waals surface area contributed by atoms with Gasteiger partial charge in [-0.2, -0.15) is 18.4 Å². The predicted molar refractivity (Wildman–Crippen MR) is 116 cm³/mol. The summed E-state index contributed by atoms with van der Waals surface area (Å²) >= 11 is 0. The van der Waals surface area contributed by atoms with Gasteiger partial charge in [0.2, 0.25) is 5.82 Å². The quantitative estimate of drug-likeness (QED) is 0.444. The van der Waals surface area contributed by atoms with Crippen LogP contribution < -0.4 is 5.56 Å². The first kappa shape index (κ1) is 22.4. The number of tetrazole rings is 1. The molecule has 1 N–H and O–H groups in total. The molecule has 10 heteroatoms. The molecule has 33 heavy (non-hydrogen) atoms. The molecule has 2 aromatic carbocycles. The highest BCUT2D eigenvalue weighted by Crippen LogP contribution is 2.31. The highest BCUT2D eigenvalue weighted by molar-refractivity contribution is 5.80. The van der Waals surface area contributed by atoms with Crippen LogP contribution in [0.4, 0.5) is 13.2 Å². The molecule has 0 amide bonds. The molecule has 0 saturated heterocycles. The summed E-state index contributed by atoms with van der Waals surface area (Å²) in [5, 5.41) is 14.2. The maximum Gasteiger partial charge on any atom is 0.433 e. The topological polar surface area (TPSA) is 89.4 Å². The highest BCUT2D eigenvalue weighted by Gasteiger charge is 2.34. The summed E-state index contributed by atoms with van der Waals surface area (Å²) in [7, 11) is 0. The number of unbranched alkanes of at least 4 members (excludes halogenated alkanes) is 1. The first-order valence-electron chi connectivity index (χ1n) is 10.5. The van der Waals surface area contributed by atoms with E-state index in [2.05, 4.69) is 25.6 Å². The third-order valence-corrected chi connectivity index (χ3v) is 5.23. The number of nitrogens with zero attached hydrogens (tertiary/aromatic N) is 5. The Bertz CT molecular complexity index is 1280. The lowest BCUT2D eigenvalue weighted by atomic mass is 9.97. The lowest BCUT2D eigenvalue weighted by molar-refractivity contribution is -0.141. The van der Waals surface area contributed by atoms with Crippen molar-refractivity contribution in [1.82, 2.24) is 30.2 Å². The van der Waals surface area contributed by atoms with Crippen LogP contribution in [-0.2, 0) is 19.1 Å². The fourth-order valence-corrected chi connectivity index (χ4v) is 3.60. The molecule has 7 nitrogen and oxygen atoms in total. The summed E-state index contributed by atoms with van der Waals surface area (Å²) < 4.78 is 40.9. The van der Waals surface area contributed by atoms with Gasteiger partial charge in [0.25, 0.3) is 5.56 Å². The minimum absolute atomic E-state index is 0.0724. The first-order chi connectivity index (χ1) is 15.9. The van der Waals surface area contributed by atoms with Crippen molar-refractivity contribution in [3.05, 3.63) is 82.0 Å². The zero-order valence-electron chi connectivity index (χ0n) is 17.8. The van der Waals surface area contributed by atoms with Crippen LogP contribution in [0.15, 0.2) is 59.4 Å². The van der Waals surface area contributed by atoms with E-state index in [1.807, 2.05) is 55.5 Å². The van der Waals surface area contributed by atoms with Crippen molar-refractivity contribution in [1.29, 1.82) is 0 Å². The van der Waals surface area contributed by atoms with E-state index in [9.17, 15) is 18.0 Å². The van der Waals surface area contributed by atoms with Crippen molar-refractivity contribution in [3.63, 3.8) is 0 Å². The van der Waals surface area contributed by atoms with Gasteiger partial charge in [-0.1, -0.05) is 55.8 Å². The summed E-state index contributed by atoms with van der Waals surface area (Å²) in [6.45, 7) is 2.00. The normalized spacial score (nSPS) is 11.6. The number of hydrogen-bond acceptors (Lipinski definition) is 5. The molecule has 0 atom stereocenters. The Labute approximate surface area is 187 Å². The Morgan fingerprint density at radius 2 is 1.82 bits per heavy atom. The van der Waals surface area contributed by atoms with E-state index in [4.69, 9.17) is 0 Å². The Balaban J connectivity index is 1.78. The van der Waals surface area contributed by atoms with Gasteiger partial charge >= 0.3 is 6.18 Å². The van der Waals surface area contributed by atoms with Crippen molar-refractivity contribution < 1.29 is 13.2 Å². The molecule has 2 aromatic heterocycles. The van der Waals surface area contributed by atoms with Crippen molar-refractivity contribution >= 4 is 0 Å². The summed E-state index contributed by atoms with van der Waals surface area (Å²) in [5.74, 6) is 0.490. The number of benzene rings is 2. The first-order valence-corrected chi connectivity index (χ1v) is 10.5. The number of H-pyrrole nitrogens is 1. The largest absolute Gasteiger partial charge is 0.433 e. The van der Waals surface area contributed by atoms with Gasteiger partial charge in [0, 0.05) is 18.1 Å². The van der Waals surface area contributed by atoms with E-state index < -0.39 is 17.4 Å². The molecular formula is C23H21F3N6O. The third kappa shape index (κ3) is 5.00. The van der Waals surface area contributed by atoms with E-state index in [1.165, 1.54) is 4.57 Å². The van der Waals surface area contributed by atoms with Crippen LogP contribution in [0.1, 0.15) is 36.8 Å². The average molecular weight is 454 g/mol. The second kappa shape index (κ2) is 9.35. The van der Waals surface area contributed by atoms with Crippen molar-refractivity contribution in [2.75, 3.05) is 0 Å². The third-order valence-electron chi connectivity index (χ3n) is 5.23. The minimum Gasteiger partial charge on any atom is -0.292 e. The number of aryl methyl sites for hydroxylation is 1.